The van der Waals surface area contributed by atoms with Gasteiger partial charge in [0.25, 0.3) is 0 Å². The normalized spacial score (nSPS) is 15.0. The third-order valence-corrected chi connectivity index (χ3v) is 3.92. The van der Waals surface area contributed by atoms with E-state index in [0.29, 0.717) is 30.9 Å². The molecule has 126 valence electrons. The minimum atomic E-state index is -0.267. The number of benzene rings is 1. The molecule has 0 spiro atoms. The minimum absolute atomic E-state index is 0.237. The number of ether oxygens (including phenoxy) is 1. The van der Waals surface area contributed by atoms with Crippen LogP contribution in [0.5, 0.6) is 5.75 Å². The van der Waals surface area contributed by atoms with E-state index in [2.05, 4.69) is 10.6 Å². The Kier molecular flexibility index (Phi) is 6.72. The van der Waals surface area contributed by atoms with Crippen LogP contribution in [-0.2, 0) is 4.79 Å². The van der Waals surface area contributed by atoms with Crippen molar-refractivity contribution in [3.05, 3.63) is 24.3 Å². The van der Waals surface area contributed by atoms with Gasteiger partial charge in [0.05, 0.1) is 12.8 Å². The first kappa shape index (κ1) is 17.1. The van der Waals surface area contributed by atoms with E-state index in [1.807, 2.05) is 17.0 Å². The molecule has 6 heteroatoms. The maximum atomic E-state index is 11.9. The number of para-hydroxylation sites is 2. The summed E-state index contributed by atoms with van der Waals surface area (Å²) in [7, 11) is 1.57. The third-order valence-electron chi connectivity index (χ3n) is 3.92. The van der Waals surface area contributed by atoms with Crippen molar-refractivity contribution in [1.29, 1.82) is 0 Å². The number of nitrogens with one attached hydrogen (secondary N) is 2. The highest BCUT2D eigenvalue weighted by Gasteiger charge is 2.15. The largest absolute Gasteiger partial charge is 0.495 e. The molecule has 3 amide bonds. The maximum Gasteiger partial charge on any atom is 0.319 e. The van der Waals surface area contributed by atoms with Gasteiger partial charge in [-0.05, 0) is 31.4 Å². The van der Waals surface area contributed by atoms with Gasteiger partial charge in [0, 0.05) is 26.1 Å². The van der Waals surface area contributed by atoms with E-state index < -0.39 is 0 Å². The number of carbonyl (C=O) groups excluding carboxylic acids is 2. The molecule has 0 aromatic heterocycles. The Morgan fingerprint density at radius 2 is 2.09 bits per heavy atom. The number of urea groups is 1. The molecule has 1 heterocycles. The molecule has 1 saturated heterocycles. The summed E-state index contributed by atoms with van der Waals surface area (Å²) in [6.07, 6.45) is 4.61. The Labute approximate surface area is 137 Å². The van der Waals surface area contributed by atoms with Crippen LogP contribution in [0.4, 0.5) is 10.5 Å². The first-order valence-corrected chi connectivity index (χ1v) is 8.16. The summed E-state index contributed by atoms with van der Waals surface area (Å²) < 4.78 is 5.19. The Morgan fingerprint density at radius 3 is 2.91 bits per heavy atom. The second-order valence-electron chi connectivity index (χ2n) is 5.63. The van der Waals surface area contributed by atoms with E-state index >= 15 is 0 Å². The smallest absolute Gasteiger partial charge is 0.319 e. The molecular weight excluding hydrogens is 294 g/mol. The number of rotatable bonds is 6. The van der Waals surface area contributed by atoms with Crippen LogP contribution in [-0.4, -0.2) is 43.6 Å². The third kappa shape index (κ3) is 5.47. The van der Waals surface area contributed by atoms with Crippen molar-refractivity contribution in [3.63, 3.8) is 0 Å². The monoisotopic (exact) mass is 319 g/mol. The highest BCUT2D eigenvalue weighted by Crippen LogP contribution is 2.22. The van der Waals surface area contributed by atoms with Crippen LogP contribution in [0.15, 0.2) is 24.3 Å². The second kappa shape index (κ2) is 9.02. The van der Waals surface area contributed by atoms with Gasteiger partial charge in [-0.2, -0.15) is 0 Å². The van der Waals surface area contributed by atoms with Gasteiger partial charge < -0.3 is 20.3 Å². The van der Waals surface area contributed by atoms with Crippen LogP contribution in [0.3, 0.4) is 0 Å². The van der Waals surface area contributed by atoms with Gasteiger partial charge in [-0.3, -0.25) is 4.79 Å². The van der Waals surface area contributed by atoms with Crippen LogP contribution in [0.2, 0.25) is 0 Å². The molecule has 0 radical (unpaired) electrons. The SMILES string of the molecule is COc1ccccc1NC(=O)NCCCN1CCCCCC1=O. The molecule has 2 rings (SSSR count). The summed E-state index contributed by atoms with van der Waals surface area (Å²) in [6.45, 7) is 2.07. The predicted molar refractivity (Wildman–Crippen MR) is 89.7 cm³/mol. The number of nitrogens with zero attached hydrogens (tertiary/aromatic N) is 1. The molecule has 0 unspecified atom stereocenters. The Morgan fingerprint density at radius 1 is 1.26 bits per heavy atom. The molecule has 23 heavy (non-hydrogen) atoms. The number of anilines is 1. The Balaban J connectivity index is 1.69. The van der Waals surface area contributed by atoms with Crippen molar-refractivity contribution in [2.45, 2.75) is 32.1 Å². The Hall–Kier alpha value is -2.24. The fourth-order valence-electron chi connectivity index (χ4n) is 2.66. The van der Waals surface area contributed by atoms with Crippen LogP contribution in [0, 0.1) is 0 Å². The van der Waals surface area contributed by atoms with Crippen LogP contribution < -0.4 is 15.4 Å². The summed E-state index contributed by atoms with van der Waals surface area (Å²) in [5, 5.41) is 5.57. The van der Waals surface area contributed by atoms with E-state index in [4.69, 9.17) is 4.74 Å². The molecule has 2 N–H and O–H groups in total. The fraction of sp³-hybridized carbons (Fsp3) is 0.529. The zero-order valence-electron chi connectivity index (χ0n) is 13.6. The zero-order chi connectivity index (χ0) is 16.5. The topological polar surface area (TPSA) is 70.7 Å². The molecule has 1 aromatic carbocycles. The zero-order valence-corrected chi connectivity index (χ0v) is 13.6. The first-order chi connectivity index (χ1) is 11.2. The van der Waals surface area contributed by atoms with Crippen molar-refractivity contribution in [2.75, 3.05) is 32.1 Å². The number of hydrogen-bond donors (Lipinski definition) is 2. The van der Waals surface area contributed by atoms with Gasteiger partial charge in [-0.25, -0.2) is 4.79 Å². The summed E-state index contributed by atoms with van der Waals surface area (Å²) in [4.78, 5) is 25.7. The fourth-order valence-corrected chi connectivity index (χ4v) is 2.66. The summed E-state index contributed by atoms with van der Waals surface area (Å²) in [5.74, 6) is 0.860. The average molecular weight is 319 g/mol. The summed E-state index contributed by atoms with van der Waals surface area (Å²) >= 11 is 0. The molecular formula is C17H25N3O3. The number of amides is 3. The molecule has 1 aliphatic heterocycles. The number of hydrogen-bond acceptors (Lipinski definition) is 3. The highest BCUT2D eigenvalue weighted by molar-refractivity contribution is 5.90. The first-order valence-electron chi connectivity index (χ1n) is 8.16. The van der Waals surface area contributed by atoms with Crippen LogP contribution in [0.25, 0.3) is 0 Å². The molecule has 0 bridgehead atoms. The van der Waals surface area contributed by atoms with Gasteiger partial charge in [-0.15, -0.1) is 0 Å². The van der Waals surface area contributed by atoms with Gasteiger partial charge in [0.1, 0.15) is 5.75 Å². The molecule has 1 aliphatic rings. The van der Waals surface area contributed by atoms with E-state index in [9.17, 15) is 9.59 Å². The standard InChI is InChI=1S/C17H25N3O3/c1-23-15-9-5-4-8-14(15)19-17(22)18-11-7-13-20-12-6-2-3-10-16(20)21/h4-5,8-9H,2-3,6-7,10-13H2,1H3,(H2,18,19,22). The van der Waals surface area contributed by atoms with Gasteiger partial charge in [0.2, 0.25) is 5.91 Å². The molecule has 6 nitrogen and oxygen atoms in total. The quantitative estimate of drug-likeness (QED) is 0.792. The van der Waals surface area contributed by atoms with Crippen molar-refractivity contribution in [2.24, 2.45) is 0 Å². The molecule has 0 atom stereocenters. The van der Waals surface area contributed by atoms with Gasteiger partial charge in [-0.1, -0.05) is 18.6 Å². The number of methoxy groups -OCH3 is 1. The summed E-state index contributed by atoms with van der Waals surface area (Å²) in [6, 6.07) is 7.00. The van der Waals surface area contributed by atoms with Gasteiger partial charge >= 0.3 is 6.03 Å². The van der Waals surface area contributed by atoms with Gasteiger partial charge in [0.15, 0.2) is 0 Å². The predicted octanol–water partition coefficient (Wildman–Crippen LogP) is 2.61. The Bertz CT molecular complexity index is 534. The van der Waals surface area contributed by atoms with Crippen molar-refractivity contribution >= 4 is 17.6 Å². The van der Waals surface area contributed by atoms with Crippen LogP contribution >= 0.6 is 0 Å². The van der Waals surface area contributed by atoms with Crippen LogP contribution in [0.1, 0.15) is 32.1 Å². The lowest BCUT2D eigenvalue weighted by molar-refractivity contribution is -0.130. The van der Waals surface area contributed by atoms with Crippen molar-refractivity contribution < 1.29 is 14.3 Å². The lowest BCUT2D eigenvalue weighted by Crippen LogP contribution is -2.35. The lowest BCUT2D eigenvalue weighted by atomic mass is 10.2. The molecule has 1 aromatic rings. The molecule has 1 fully saturated rings. The molecule has 0 saturated carbocycles. The lowest BCUT2D eigenvalue weighted by Gasteiger charge is -2.20. The average Bonchev–Trinajstić information content (AvgIpc) is 2.76. The molecule has 0 aliphatic carbocycles. The summed E-state index contributed by atoms with van der Waals surface area (Å²) in [5.41, 5.74) is 0.634. The highest BCUT2D eigenvalue weighted by atomic mass is 16.5. The second-order valence-corrected chi connectivity index (χ2v) is 5.63. The van der Waals surface area contributed by atoms with E-state index in [1.165, 1.54) is 0 Å². The van der Waals surface area contributed by atoms with Crippen molar-refractivity contribution in [3.8, 4) is 5.75 Å². The number of carbonyl (C=O) groups is 2. The van der Waals surface area contributed by atoms with E-state index in [0.717, 1.165) is 32.2 Å². The minimum Gasteiger partial charge on any atom is -0.495 e. The van der Waals surface area contributed by atoms with Crippen molar-refractivity contribution in [1.82, 2.24) is 10.2 Å². The number of likely N-dealkylation sites (tertiary alicyclic amines) is 1. The van der Waals surface area contributed by atoms with E-state index in [1.54, 1.807) is 19.2 Å². The maximum absolute atomic E-state index is 11.9. The van der Waals surface area contributed by atoms with E-state index in [-0.39, 0.29) is 11.9 Å².